The normalized spacial score (nSPS) is 22.7. The fourth-order valence-corrected chi connectivity index (χ4v) is 2.03. The molecule has 4 nitrogen and oxygen atoms in total. The number of rotatable bonds is 4. The van der Waals surface area contributed by atoms with E-state index in [4.69, 9.17) is 25.6 Å². The van der Waals surface area contributed by atoms with Crippen molar-refractivity contribution in [3.63, 3.8) is 0 Å². The molecule has 0 bridgehead atoms. The fraction of sp³-hybridized carbons (Fsp3) is 0.929. The molecular formula is C14H26BClO4. The van der Waals surface area contributed by atoms with Crippen LogP contribution in [-0.4, -0.2) is 35.2 Å². The van der Waals surface area contributed by atoms with Gasteiger partial charge in [-0.05, 0) is 54.9 Å². The maximum Gasteiger partial charge on any atom is 0.476 e. The van der Waals surface area contributed by atoms with Gasteiger partial charge in [0, 0.05) is 6.42 Å². The lowest BCUT2D eigenvalue weighted by molar-refractivity contribution is -0.154. The van der Waals surface area contributed by atoms with Crippen LogP contribution in [0.3, 0.4) is 0 Å². The van der Waals surface area contributed by atoms with Gasteiger partial charge >= 0.3 is 13.1 Å². The molecule has 1 fully saturated rings. The highest BCUT2D eigenvalue weighted by molar-refractivity contribution is 6.60. The molecule has 0 radical (unpaired) electrons. The second kappa shape index (κ2) is 5.86. The van der Waals surface area contributed by atoms with Crippen LogP contribution < -0.4 is 0 Å². The van der Waals surface area contributed by atoms with E-state index in [0.717, 1.165) is 0 Å². The van der Waals surface area contributed by atoms with Crippen molar-refractivity contribution < 1.29 is 18.8 Å². The van der Waals surface area contributed by atoms with E-state index in [0.29, 0.717) is 6.42 Å². The number of hydrogen-bond acceptors (Lipinski definition) is 4. The minimum Gasteiger partial charge on any atom is -0.460 e. The molecule has 0 saturated carbocycles. The summed E-state index contributed by atoms with van der Waals surface area (Å²) in [6.45, 7) is 13.4. The Balaban J connectivity index is 2.46. The maximum absolute atomic E-state index is 11.7. The van der Waals surface area contributed by atoms with Crippen molar-refractivity contribution in [2.75, 3.05) is 0 Å². The van der Waals surface area contributed by atoms with Crippen LogP contribution in [0.2, 0.25) is 0 Å². The molecule has 1 aliphatic rings. The van der Waals surface area contributed by atoms with Gasteiger partial charge in [-0.15, -0.1) is 11.6 Å². The van der Waals surface area contributed by atoms with E-state index in [1.165, 1.54) is 0 Å². The SMILES string of the molecule is CC(C)(C)OC(=O)CCC(Cl)B1OC(C)(C)C(C)(C)O1. The average molecular weight is 305 g/mol. The van der Waals surface area contributed by atoms with Crippen LogP contribution in [0, 0.1) is 0 Å². The van der Waals surface area contributed by atoms with Gasteiger partial charge in [0.25, 0.3) is 0 Å². The van der Waals surface area contributed by atoms with Crippen molar-refractivity contribution >= 4 is 24.7 Å². The number of halogens is 1. The van der Waals surface area contributed by atoms with Crippen LogP contribution in [-0.2, 0) is 18.8 Å². The summed E-state index contributed by atoms with van der Waals surface area (Å²) in [6.07, 6.45) is 0.725. The second-order valence-corrected chi connectivity index (χ2v) is 7.83. The number of alkyl halides is 1. The first-order valence-electron chi connectivity index (χ1n) is 7.06. The third kappa shape index (κ3) is 4.64. The van der Waals surface area contributed by atoms with E-state index < -0.39 is 23.9 Å². The molecule has 116 valence electrons. The highest BCUT2D eigenvalue weighted by Gasteiger charge is 2.53. The molecular weight excluding hydrogens is 278 g/mol. The van der Waals surface area contributed by atoms with Gasteiger partial charge in [-0.3, -0.25) is 4.79 Å². The van der Waals surface area contributed by atoms with Gasteiger partial charge in [0.05, 0.1) is 16.5 Å². The van der Waals surface area contributed by atoms with E-state index in [1.807, 2.05) is 48.5 Å². The first kappa shape index (κ1) is 17.8. The van der Waals surface area contributed by atoms with E-state index in [1.54, 1.807) is 0 Å². The summed E-state index contributed by atoms with van der Waals surface area (Å²) in [5.41, 5.74) is -1.28. The standard InChI is InChI=1S/C14H26BClO4/c1-12(2,3)18-11(17)9-8-10(16)15-19-13(4,5)14(6,7)20-15/h10H,8-9H2,1-7H3. The number of ether oxygens (including phenoxy) is 1. The topological polar surface area (TPSA) is 44.8 Å². The zero-order valence-electron chi connectivity index (χ0n) is 13.6. The Morgan fingerprint density at radius 3 is 2.05 bits per heavy atom. The molecule has 1 unspecified atom stereocenters. The predicted octanol–water partition coefficient (Wildman–Crippen LogP) is 3.35. The summed E-state index contributed by atoms with van der Waals surface area (Å²) >= 11 is 6.30. The van der Waals surface area contributed by atoms with E-state index in [2.05, 4.69) is 0 Å². The lowest BCUT2D eigenvalue weighted by Gasteiger charge is -2.32. The quantitative estimate of drug-likeness (QED) is 0.454. The molecule has 1 atom stereocenters. The largest absolute Gasteiger partial charge is 0.476 e. The van der Waals surface area contributed by atoms with E-state index >= 15 is 0 Å². The van der Waals surface area contributed by atoms with Crippen molar-refractivity contribution in [2.24, 2.45) is 0 Å². The molecule has 20 heavy (non-hydrogen) atoms. The zero-order chi connectivity index (χ0) is 15.8. The van der Waals surface area contributed by atoms with E-state index in [9.17, 15) is 4.79 Å². The van der Waals surface area contributed by atoms with Crippen molar-refractivity contribution in [1.29, 1.82) is 0 Å². The van der Waals surface area contributed by atoms with Crippen LogP contribution in [0.25, 0.3) is 0 Å². The van der Waals surface area contributed by atoms with Gasteiger partial charge in [-0.2, -0.15) is 0 Å². The van der Waals surface area contributed by atoms with Crippen molar-refractivity contribution in [2.45, 2.75) is 83.4 Å². The third-order valence-electron chi connectivity index (χ3n) is 3.61. The Hall–Kier alpha value is -0.255. The number of carbonyl (C=O) groups is 1. The van der Waals surface area contributed by atoms with Gasteiger partial charge < -0.3 is 14.0 Å². The molecule has 0 aromatic rings. The van der Waals surface area contributed by atoms with Crippen LogP contribution in [0.5, 0.6) is 0 Å². The van der Waals surface area contributed by atoms with Crippen LogP contribution >= 0.6 is 11.6 Å². The summed E-state index contributed by atoms with van der Waals surface area (Å²) < 4.78 is 17.0. The van der Waals surface area contributed by atoms with Gasteiger partial charge in [0.2, 0.25) is 0 Å². The monoisotopic (exact) mass is 304 g/mol. The first-order chi connectivity index (χ1) is 8.84. The molecule has 0 spiro atoms. The first-order valence-corrected chi connectivity index (χ1v) is 7.49. The maximum atomic E-state index is 11.7. The average Bonchev–Trinajstić information content (AvgIpc) is 2.42. The zero-order valence-corrected chi connectivity index (χ0v) is 14.3. The summed E-state index contributed by atoms with van der Waals surface area (Å²) in [4.78, 5) is 11.7. The van der Waals surface area contributed by atoms with Gasteiger partial charge in [-0.25, -0.2) is 0 Å². The van der Waals surface area contributed by atoms with Crippen LogP contribution in [0.4, 0.5) is 0 Å². The van der Waals surface area contributed by atoms with Crippen molar-refractivity contribution in [1.82, 2.24) is 0 Å². The number of carbonyl (C=O) groups excluding carboxylic acids is 1. The molecule has 0 aromatic carbocycles. The second-order valence-electron chi connectivity index (χ2n) is 7.27. The smallest absolute Gasteiger partial charge is 0.460 e. The highest BCUT2D eigenvalue weighted by Crippen LogP contribution is 2.38. The van der Waals surface area contributed by atoms with Gasteiger partial charge in [0.15, 0.2) is 0 Å². The molecule has 1 aliphatic heterocycles. The van der Waals surface area contributed by atoms with Gasteiger partial charge in [0.1, 0.15) is 5.60 Å². The van der Waals surface area contributed by atoms with Crippen LogP contribution in [0.15, 0.2) is 0 Å². The van der Waals surface area contributed by atoms with E-state index in [-0.39, 0.29) is 17.7 Å². The highest BCUT2D eigenvalue weighted by atomic mass is 35.5. The Bertz CT molecular complexity index is 347. The molecule has 6 heteroatoms. The fourth-order valence-electron chi connectivity index (χ4n) is 1.82. The molecule has 1 heterocycles. The summed E-state index contributed by atoms with van der Waals surface area (Å²) in [7, 11) is -0.496. The molecule has 1 saturated heterocycles. The lowest BCUT2D eigenvalue weighted by Crippen LogP contribution is -2.41. The number of hydrogen-bond donors (Lipinski definition) is 0. The Kier molecular flexibility index (Phi) is 5.21. The predicted molar refractivity (Wildman–Crippen MR) is 80.8 cm³/mol. The Morgan fingerprint density at radius 1 is 1.20 bits per heavy atom. The van der Waals surface area contributed by atoms with Crippen molar-refractivity contribution in [3.05, 3.63) is 0 Å². The van der Waals surface area contributed by atoms with Gasteiger partial charge in [-0.1, -0.05) is 0 Å². The molecule has 0 N–H and O–H groups in total. The summed E-state index contributed by atoms with van der Waals surface area (Å²) in [5, 5.41) is -0.372. The third-order valence-corrected chi connectivity index (χ3v) is 4.04. The summed E-state index contributed by atoms with van der Waals surface area (Å²) in [6, 6.07) is 0. The molecule has 0 amide bonds. The lowest BCUT2D eigenvalue weighted by atomic mass is 9.81. The van der Waals surface area contributed by atoms with Crippen LogP contribution in [0.1, 0.15) is 61.3 Å². The molecule has 1 rings (SSSR count). The van der Waals surface area contributed by atoms with Crippen molar-refractivity contribution in [3.8, 4) is 0 Å². The Labute approximate surface area is 127 Å². The molecule has 0 aromatic heterocycles. The molecule has 0 aliphatic carbocycles. The minimum absolute atomic E-state index is 0.250. The Morgan fingerprint density at radius 2 is 1.65 bits per heavy atom. The minimum atomic E-state index is -0.496. The summed E-state index contributed by atoms with van der Waals surface area (Å²) in [5.74, 6) is -0.250. The number of esters is 1.